The van der Waals surface area contributed by atoms with Gasteiger partial charge in [-0.1, -0.05) is 5.16 Å². The second kappa shape index (κ2) is 4.73. The smallest absolute Gasteiger partial charge is 0.240 e. The maximum absolute atomic E-state index is 5.43. The zero-order valence-electron chi connectivity index (χ0n) is 9.77. The molecule has 1 aliphatic heterocycles. The van der Waals surface area contributed by atoms with Crippen LogP contribution in [0.5, 0.6) is 0 Å². The molecule has 2 heterocycles. The molecule has 0 radical (unpaired) electrons. The molecule has 2 N–H and O–H groups in total. The normalized spacial score (nSPS) is 21.2. The Balaban J connectivity index is 1.94. The van der Waals surface area contributed by atoms with Crippen molar-refractivity contribution in [3.05, 3.63) is 11.7 Å². The van der Waals surface area contributed by atoms with Crippen molar-refractivity contribution in [2.45, 2.75) is 31.7 Å². The Labute approximate surface area is 99.8 Å². The van der Waals surface area contributed by atoms with E-state index in [1.165, 1.54) is 0 Å². The molecule has 90 valence electrons. The Hall–Kier alpha value is -0.590. The molecule has 1 fully saturated rings. The van der Waals surface area contributed by atoms with E-state index < -0.39 is 0 Å². The molecule has 0 amide bonds. The molecular weight excluding hydrogens is 224 g/mol. The molecule has 5 nitrogen and oxygen atoms in total. The summed E-state index contributed by atoms with van der Waals surface area (Å²) in [6.07, 6.45) is 0. The minimum atomic E-state index is 0.314. The van der Waals surface area contributed by atoms with Crippen LogP contribution in [-0.4, -0.2) is 38.6 Å². The van der Waals surface area contributed by atoms with Crippen LogP contribution in [0, 0.1) is 0 Å². The van der Waals surface area contributed by atoms with Gasteiger partial charge in [-0.15, -0.1) is 0 Å². The lowest BCUT2D eigenvalue weighted by Gasteiger charge is -2.36. The highest BCUT2D eigenvalue weighted by molar-refractivity contribution is 8.00. The Kier molecular flexibility index (Phi) is 3.51. The van der Waals surface area contributed by atoms with Crippen LogP contribution in [0.15, 0.2) is 4.52 Å². The molecule has 2 rings (SSSR count). The molecule has 6 heteroatoms. The first-order valence-electron chi connectivity index (χ1n) is 5.47. The van der Waals surface area contributed by atoms with Gasteiger partial charge in [0.15, 0.2) is 5.82 Å². The SMILES string of the molecule is CC1(C)CN(Cc2noc(CN)n2)CCS1. The van der Waals surface area contributed by atoms with Crippen LogP contribution < -0.4 is 5.73 Å². The van der Waals surface area contributed by atoms with Gasteiger partial charge >= 0.3 is 0 Å². The third kappa shape index (κ3) is 2.96. The van der Waals surface area contributed by atoms with E-state index in [1.807, 2.05) is 11.8 Å². The van der Waals surface area contributed by atoms with Crippen LogP contribution >= 0.6 is 11.8 Å². The molecular formula is C10H18N4OS. The molecule has 0 aromatic carbocycles. The van der Waals surface area contributed by atoms with E-state index in [2.05, 4.69) is 28.9 Å². The van der Waals surface area contributed by atoms with Gasteiger partial charge in [-0.05, 0) is 13.8 Å². The summed E-state index contributed by atoms with van der Waals surface area (Å²) in [6.45, 7) is 7.75. The molecule has 0 aliphatic carbocycles. The van der Waals surface area contributed by atoms with Gasteiger partial charge in [-0.2, -0.15) is 16.7 Å². The van der Waals surface area contributed by atoms with E-state index >= 15 is 0 Å². The van der Waals surface area contributed by atoms with E-state index in [0.717, 1.165) is 31.2 Å². The Bertz CT molecular complexity index is 352. The molecule has 0 bridgehead atoms. The van der Waals surface area contributed by atoms with Crippen molar-refractivity contribution in [1.29, 1.82) is 0 Å². The Morgan fingerprint density at radius 1 is 1.56 bits per heavy atom. The maximum Gasteiger partial charge on any atom is 0.240 e. The van der Waals surface area contributed by atoms with Gasteiger partial charge in [0.05, 0.1) is 13.1 Å². The minimum Gasteiger partial charge on any atom is -0.338 e. The monoisotopic (exact) mass is 242 g/mol. The van der Waals surface area contributed by atoms with Gasteiger partial charge < -0.3 is 10.3 Å². The van der Waals surface area contributed by atoms with E-state index in [0.29, 0.717) is 17.2 Å². The number of hydrogen-bond donors (Lipinski definition) is 1. The highest BCUT2D eigenvalue weighted by atomic mass is 32.2. The molecule has 0 spiro atoms. The second-order valence-corrected chi connectivity index (χ2v) is 6.43. The molecule has 1 aliphatic rings. The van der Waals surface area contributed by atoms with Crippen molar-refractivity contribution in [3.63, 3.8) is 0 Å². The summed E-state index contributed by atoms with van der Waals surface area (Å²) in [5.41, 5.74) is 5.43. The Morgan fingerprint density at radius 3 is 3.00 bits per heavy atom. The molecule has 0 atom stereocenters. The fourth-order valence-corrected chi connectivity index (χ4v) is 3.06. The topological polar surface area (TPSA) is 68.2 Å². The van der Waals surface area contributed by atoms with Crippen LogP contribution in [-0.2, 0) is 13.1 Å². The second-order valence-electron chi connectivity index (χ2n) is 4.63. The van der Waals surface area contributed by atoms with Crippen molar-refractivity contribution in [2.24, 2.45) is 5.73 Å². The number of thioether (sulfide) groups is 1. The van der Waals surface area contributed by atoms with Gasteiger partial charge in [0.2, 0.25) is 5.89 Å². The summed E-state index contributed by atoms with van der Waals surface area (Å²) in [7, 11) is 0. The van der Waals surface area contributed by atoms with E-state index in [9.17, 15) is 0 Å². The van der Waals surface area contributed by atoms with Crippen LogP contribution in [0.4, 0.5) is 0 Å². The van der Waals surface area contributed by atoms with Gasteiger partial charge in [0.1, 0.15) is 0 Å². The largest absolute Gasteiger partial charge is 0.338 e. The number of hydrogen-bond acceptors (Lipinski definition) is 6. The molecule has 1 aromatic heterocycles. The van der Waals surface area contributed by atoms with E-state index in [-0.39, 0.29) is 0 Å². The first-order chi connectivity index (χ1) is 7.59. The maximum atomic E-state index is 5.43. The van der Waals surface area contributed by atoms with Gasteiger partial charge in [0.25, 0.3) is 0 Å². The fraction of sp³-hybridized carbons (Fsp3) is 0.800. The number of nitrogens with two attached hydrogens (primary N) is 1. The van der Waals surface area contributed by atoms with Crippen LogP contribution in [0.1, 0.15) is 25.6 Å². The summed E-state index contributed by atoms with van der Waals surface area (Å²) in [5, 5.41) is 3.91. The first-order valence-corrected chi connectivity index (χ1v) is 6.45. The van der Waals surface area contributed by atoms with Crippen LogP contribution in [0.2, 0.25) is 0 Å². The fourth-order valence-electron chi connectivity index (χ4n) is 1.89. The average molecular weight is 242 g/mol. The third-order valence-electron chi connectivity index (χ3n) is 2.55. The van der Waals surface area contributed by atoms with Gasteiger partial charge in [-0.25, -0.2) is 0 Å². The summed E-state index contributed by atoms with van der Waals surface area (Å²) < 4.78 is 5.31. The molecule has 0 saturated carbocycles. The van der Waals surface area contributed by atoms with Crippen LogP contribution in [0.3, 0.4) is 0 Å². The molecule has 0 unspecified atom stereocenters. The summed E-state index contributed by atoms with van der Waals surface area (Å²) >= 11 is 2.02. The highest BCUT2D eigenvalue weighted by Crippen LogP contribution is 2.29. The van der Waals surface area contributed by atoms with Gasteiger partial charge in [0, 0.05) is 23.6 Å². The number of aromatic nitrogens is 2. The van der Waals surface area contributed by atoms with Crippen molar-refractivity contribution in [1.82, 2.24) is 15.0 Å². The number of nitrogens with zero attached hydrogens (tertiary/aromatic N) is 3. The van der Waals surface area contributed by atoms with Gasteiger partial charge in [-0.3, -0.25) is 4.90 Å². The average Bonchev–Trinajstić information content (AvgIpc) is 2.64. The van der Waals surface area contributed by atoms with Crippen molar-refractivity contribution in [3.8, 4) is 0 Å². The third-order valence-corrected chi connectivity index (χ3v) is 3.85. The van der Waals surface area contributed by atoms with Crippen molar-refractivity contribution in [2.75, 3.05) is 18.8 Å². The first kappa shape index (κ1) is 11.9. The summed E-state index contributed by atoms with van der Waals surface area (Å²) in [5.74, 6) is 2.41. The van der Waals surface area contributed by atoms with Crippen molar-refractivity contribution >= 4 is 11.8 Å². The summed E-state index contributed by atoms with van der Waals surface area (Å²) in [4.78, 5) is 6.58. The highest BCUT2D eigenvalue weighted by Gasteiger charge is 2.27. The zero-order valence-corrected chi connectivity index (χ0v) is 10.6. The van der Waals surface area contributed by atoms with E-state index in [4.69, 9.17) is 10.3 Å². The standard InChI is InChI=1S/C10H18N4OS/c1-10(2)7-14(3-4-16-10)6-8-12-9(5-11)15-13-8/h3-7,11H2,1-2H3. The predicted molar refractivity (Wildman–Crippen MR) is 64.0 cm³/mol. The lowest BCUT2D eigenvalue weighted by molar-refractivity contribution is 0.242. The van der Waals surface area contributed by atoms with Crippen molar-refractivity contribution < 1.29 is 4.52 Å². The lowest BCUT2D eigenvalue weighted by atomic mass is 10.2. The molecule has 1 saturated heterocycles. The van der Waals surface area contributed by atoms with Crippen LogP contribution in [0.25, 0.3) is 0 Å². The predicted octanol–water partition coefficient (Wildman–Crippen LogP) is 0.856. The summed E-state index contributed by atoms with van der Waals surface area (Å²) in [6, 6.07) is 0. The Morgan fingerprint density at radius 2 is 2.38 bits per heavy atom. The number of rotatable bonds is 3. The minimum absolute atomic E-state index is 0.314. The lowest BCUT2D eigenvalue weighted by Crippen LogP contribution is -2.42. The molecule has 1 aromatic rings. The van der Waals surface area contributed by atoms with E-state index in [1.54, 1.807) is 0 Å². The molecule has 16 heavy (non-hydrogen) atoms. The zero-order chi connectivity index (χ0) is 11.6. The quantitative estimate of drug-likeness (QED) is 0.847.